The van der Waals surface area contributed by atoms with Crippen molar-refractivity contribution in [3.63, 3.8) is 0 Å². The van der Waals surface area contributed by atoms with Gasteiger partial charge in [-0.2, -0.15) is 8.78 Å². The predicted molar refractivity (Wildman–Crippen MR) is 76.3 cm³/mol. The van der Waals surface area contributed by atoms with Gasteiger partial charge in [0.15, 0.2) is 5.16 Å². The maximum atomic E-state index is 12.6. The highest BCUT2D eigenvalue weighted by atomic mass is 32.2. The number of hydrogen-bond donors (Lipinski definition) is 1. The molecule has 9 heteroatoms. The Labute approximate surface area is 127 Å². The number of aromatic nitrogens is 3. The average Bonchev–Trinajstić information content (AvgIpc) is 2.77. The zero-order valence-corrected chi connectivity index (χ0v) is 12.5. The van der Waals surface area contributed by atoms with Crippen molar-refractivity contribution in [2.75, 3.05) is 5.75 Å². The molecule has 0 radical (unpaired) electrons. The molecule has 1 heterocycles. The Kier molecular flexibility index (Phi) is 5.18. The van der Waals surface area contributed by atoms with Crippen LogP contribution in [0.4, 0.5) is 8.78 Å². The summed E-state index contributed by atoms with van der Waals surface area (Å²) in [6.07, 6.45) is 0. The number of benzene rings is 1. The number of aliphatic carboxylic acids is 1. The average molecular weight is 331 g/mol. The third-order valence-electron chi connectivity index (χ3n) is 2.44. The van der Waals surface area contributed by atoms with Crippen LogP contribution in [-0.2, 0) is 4.79 Å². The van der Waals surface area contributed by atoms with E-state index >= 15 is 0 Å². The minimum atomic E-state index is -2.54. The van der Waals surface area contributed by atoms with Crippen LogP contribution in [0.15, 0.2) is 34.3 Å². The van der Waals surface area contributed by atoms with Crippen molar-refractivity contribution in [3.05, 3.63) is 30.1 Å². The van der Waals surface area contributed by atoms with Crippen molar-refractivity contribution in [1.29, 1.82) is 0 Å². The summed E-state index contributed by atoms with van der Waals surface area (Å²) in [5.41, 5.74) is 0.512. The van der Waals surface area contributed by atoms with Gasteiger partial charge in [-0.15, -0.1) is 10.2 Å². The van der Waals surface area contributed by atoms with Crippen LogP contribution < -0.4 is 0 Å². The van der Waals surface area contributed by atoms with Crippen molar-refractivity contribution in [1.82, 2.24) is 14.8 Å². The molecule has 0 saturated carbocycles. The summed E-state index contributed by atoms with van der Waals surface area (Å²) in [7, 11) is 0. The molecule has 1 aromatic carbocycles. The van der Waals surface area contributed by atoms with Gasteiger partial charge in [0.25, 0.3) is 5.76 Å². The van der Waals surface area contributed by atoms with Gasteiger partial charge >= 0.3 is 5.97 Å². The number of rotatable bonds is 6. The van der Waals surface area contributed by atoms with E-state index < -0.39 is 11.7 Å². The normalized spacial score (nSPS) is 11.0. The first-order valence-electron chi connectivity index (χ1n) is 5.80. The third kappa shape index (κ3) is 3.94. The molecule has 0 saturated heterocycles. The summed E-state index contributed by atoms with van der Waals surface area (Å²) in [5, 5.41) is 16.9. The Bertz CT molecular complexity index is 649. The van der Waals surface area contributed by atoms with E-state index in [1.807, 2.05) is 0 Å². The van der Waals surface area contributed by atoms with E-state index in [9.17, 15) is 13.6 Å². The van der Waals surface area contributed by atoms with Crippen LogP contribution in [0.2, 0.25) is 0 Å². The molecule has 0 spiro atoms. The lowest BCUT2D eigenvalue weighted by Crippen LogP contribution is -2.04. The lowest BCUT2D eigenvalue weighted by Gasteiger charge is -2.12. The number of halogens is 2. The van der Waals surface area contributed by atoms with Gasteiger partial charge in [-0.1, -0.05) is 35.7 Å². The molecule has 2 aromatic rings. The highest BCUT2D eigenvalue weighted by molar-refractivity contribution is 8.00. The topological polar surface area (TPSA) is 68.0 Å². The smallest absolute Gasteiger partial charge is 0.313 e. The Morgan fingerprint density at radius 2 is 2.10 bits per heavy atom. The molecular weight excluding hydrogens is 320 g/mol. The van der Waals surface area contributed by atoms with Gasteiger partial charge in [-0.3, -0.25) is 9.36 Å². The van der Waals surface area contributed by atoms with Crippen molar-refractivity contribution < 1.29 is 18.7 Å². The molecule has 0 unspecified atom stereocenters. The summed E-state index contributed by atoms with van der Waals surface area (Å²) >= 11 is 1.42. The van der Waals surface area contributed by atoms with Crippen LogP contribution >= 0.6 is 23.5 Å². The van der Waals surface area contributed by atoms with E-state index in [2.05, 4.69) is 10.2 Å². The molecule has 5 nitrogen and oxygen atoms in total. The van der Waals surface area contributed by atoms with E-state index in [1.54, 1.807) is 35.8 Å². The minimum absolute atomic E-state index is 0.178. The summed E-state index contributed by atoms with van der Waals surface area (Å²) in [6.45, 7) is 1.68. The fourth-order valence-electron chi connectivity index (χ4n) is 1.68. The number of carboxylic acid groups (broad SMARTS) is 1. The Morgan fingerprint density at radius 3 is 2.76 bits per heavy atom. The van der Waals surface area contributed by atoms with Gasteiger partial charge in [-0.25, -0.2) is 0 Å². The monoisotopic (exact) mass is 331 g/mol. The summed E-state index contributed by atoms with van der Waals surface area (Å²) in [5.74, 6) is -3.20. The maximum Gasteiger partial charge on any atom is 0.313 e. The molecule has 2 rings (SSSR count). The summed E-state index contributed by atoms with van der Waals surface area (Å²) in [6, 6.07) is 6.64. The standard InChI is InChI=1S/C12H11F2N3O2S2/c1-7-15-16-12(20-6-10(18)19)17(7)8-4-2-3-5-9(8)21-11(13)14/h2-5,11H,6H2,1H3,(H,18,19). The van der Waals surface area contributed by atoms with E-state index in [-0.39, 0.29) is 5.75 Å². The molecule has 0 bridgehead atoms. The second-order valence-electron chi connectivity index (χ2n) is 3.89. The molecule has 0 aliphatic heterocycles. The maximum absolute atomic E-state index is 12.6. The zero-order valence-electron chi connectivity index (χ0n) is 10.9. The highest BCUT2D eigenvalue weighted by Crippen LogP contribution is 2.33. The third-order valence-corrected chi connectivity index (χ3v) is 4.13. The number of hydrogen-bond acceptors (Lipinski definition) is 5. The number of aryl methyl sites for hydroxylation is 1. The number of alkyl halides is 2. The first kappa shape index (κ1) is 15.8. The number of carbonyl (C=O) groups is 1. The lowest BCUT2D eigenvalue weighted by molar-refractivity contribution is -0.133. The van der Waals surface area contributed by atoms with Crippen molar-refractivity contribution >= 4 is 29.5 Å². The van der Waals surface area contributed by atoms with Crippen molar-refractivity contribution in [2.45, 2.75) is 22.7 Å². The summed E-state index contributed by atoms with van der Waals surface area (Å²) in [4.78, 5) is 11.0. The molecule has 21 heavy (non-hydrogen) atoms. The number of para-hydroxylation sites is 1. The van der Waals surface area contributed by atoms with Crippen molar-refractivity contribution in [2.24, 2.45) is 0 Å². The molecule has 0 amide bonds. The van der Waals surface area contributed by atoms with Gasteiger partial charge in [0, 0.05) is 4.90 Å². The zero-order chi connectivity index (χ0) is 15.4. The van der Waals surface area contributed by atoms with Crippen LogP contribution in [0.25, 0.3) is 5.69 Å². The number of carboxylic acids is 1. The van der Waals surface area contributed by atoms with E-state index in [4.69, 9.17) is 5.11 Å². The van der Waals surface area contributed by atoms with Crippen LogP contribution in [0, 0.1) is 6.92 Å². The van der Waals surface area contributed by atoms with Gasteiger partial charge < -0.3 is 5.11 Å². The second kappa shape index (κ2) is 6.90. The van der Waals surface area contributed by atoms with Crippen LogP contribution in [0.1, 0.15) is 5.82 Å². The molecule has 112 valence electrons. The van der Waals surface area contributed by atoms with E-state index in [0.717, 1.165) is 11.8 Å². The van der Waals surface area contributed by atoms with Crippen LogP contribution in [-0.4, -0.2) is 37.4 Å². The molecule has 1 aromatic heterocycles. The molecule has 0 fully saturated rings. The van der Waals surface area contributed by atoms with E-state index in [1.165, 1.54) is 0 Å². The molecule has 0 aliphatic rings. The van der Waals surface area contributed by atoms with Gasteiger partial charge in [0.1, 0.15) is 5.82 Å². The largest absolute Gasteiger partial charge is 0.481 e. The molecule has 0 atom stereocenters. The molecule has 1 N–H and O–H groups in total. The number of thioether (sulfide) groups is 2. The first-order chi connectivity index (χ1) is 9.99. The predicted octanol–water partition coefficient (Wildman–Crippen LogP) is 3.07. The minimum Gasteiger partial charge on any atom is -0.481 e. The van der Waals surface area contributed by atoms with Gasteiger partial charge in [0.2, 0.25) is 0 Å². The Morgan fingerprint density at radius 1 is 1.38 bits per heavy atom. The Hall–Kier alpha value is -1.61. The lowest BCUT2D eigenvalue weighted by atomic mass is 10.3. The van der Waals surface area contributed by atoms with Crippen LogP contribution in [0.3, 0.4) is 0 Å². The SMILES string of the molecule is Cc1nnc(SCC(=O)O)n1-c1ccccc1SC(F)F. The fourth-order valence-corrected chi connectivity index (χ4v) is 3.02. The van der Waals surface area contributed by atoms with Crippen LogP contribution in [0.5, 0.6) is 0 Å². The second-order valence-corrected chi connectivity index (χ2v) is 5.87. The molecule has 0 aliphatic carbocycles. The van der Waals surface area contributed by atoms with E-state index in [0.29, 0.717) is 33.3 Å². The quantitative estimate of drug-likeness (QED) is 0.821. The van der Waals surface area contributed by atoms with Gasteiger partial charge in [-0.05, 0) is 19.1 Å². The Balaban J connectivity index is 2.42. The van der Waals surface area contributed by atoms with Crippen molar-refractivity contribution in [3.8, 4) is 5.69 Å². The molecular formula is C12H11F2N3O2S2. The fraction of sp³-hybridized carbons (Fsp3) is 0.250. The number of nitrogens with zero attached hydrogens (tertiary/aromatic N) is 3. The first-order valence-corrected chi connectivity index (χ1v) is 7.66. The highest BCUT2D eigenvalue weighted by Gasteiger charge is 2.17. The van der Waals surface area contributed by atoms with Gasteiger partial charge in [0.05, 0.1) is 11.4 Å². The summed E-state index contributed by atoms with van der Waals surface area (Å²) < 4.78 is 26.9.